The first kappa shape index (κ1) is 20.2. The maximum atomic E-state index is 12.0. The minimum absolute atomic E-state index is 0.388. The highest BCUT2D eigenvalue weighted by Gasteiger charge is 2.12. The van der Waals surface area contributed by atoms with Crippen molar-refractivity contribution < 1.29 is 19.1 Å². The van der Waals surface area contributed by atoms with Gasteiger partial charge in [0.1, 0.15) is 0 Å². The van der Waals surface area contributed by atoms with Crippen LogP contribution in [-0.2, 0) is 9.47 Å². The van der Waals surface area contributed by atoms with Crippen LogP contribution in [0.25, 0.3) is 0 Å². The summed E-state index contributed by atoms with van der Waals surface area (Å²) in [7, 11) is 0. The molecule has 0 heterocycles. The van der Waals surface area contributed by atoms with Crippen LogP contribution in [0.1, 0.15) is 80.0 Å². The fourth-order valence-electron chi connectivity index (χ4n) is 2.29. The van der Waals surface area contributed by atoms with E-state index in [0.717, 1.165) is 38.5 Å². The van der Waals surface area contributed by atoms with E-state index in [1.54, 1.807) is 24.3 Å². The topological polar surface area (TPSA) is 52.6 Å². The maximum absolute atomic E-state index is 12.0. The van der Waals surface area contributed by atoms with Crippen LogP contribution in [0.5, 0.6) is 0 Å². The van der Waals surface area contributed by atoms with E-state index < -0.39 is 5.97 Å². The molecule has 0 unspecified atom stereocenters. The number of hydrogen-bond donors (Lipinski definition) is 0. The molecule has 4 nitrogen and oxygen atoms in total. The lowest BCUT2D eigenvalue weighted by Crippen LogP contribution is -2.10. The van der Waals surface area contributed by atoms with E-state index in [0.29, 0.717) is 30.3 Å². The Morgan fingerprint density at radius 3 is 2.04 bits per heavy atom. The predicted octanol–water partition coefficient (Wildman–Crippen LogP) is 5.02. The van der Waals surface area contributed by atoms with Crippen LogP contribution >= 0.6 is 0 Å². The third-order valence-corrected chi connectivity index (χ3v) is 3.72. The second-order valence-corrected chi connectivity index (χ2v) is 6.45. The molecule has 1 aromatic carbocycles. The van der Waals surface area contributed by atoms with Crippen LogP contribution in [0.15, 0.2) is 24.3 Å². The molecule has 0 aliphatic carbocycles. The van der Waals surface area contributed by atoms with Crippen molar-refractivity contribution in [3.8, 4) is 0 Å². The third-order valence-electron chi connectivity index (χ3n) is 3.72. The van der Waals surface area contributed by atoms with Gasteiger partial charge in [-0.15, -0.1) is 0 Å². The molecule has 0 saturated heterocycles. The third kappa shape index (κ3) is 8.14. The Hall–Kier alpha value is -1.84. The summed E-state index contributed by atoms with van der Waals surface area (Å²) in [6.07, 6.45) is 6.11. The Morgan fingerprint density at radius 2 is 1.50 bits per heavy atom. The van der Waals surface area contributed by atoms with Gasteiger partial charge in [0.2, 0.25) is 0 Å². The van der Waals surface area contributed by atoms with Crippen LogP contribution in [0.2, 0.25) is 0 Å². The summed E-state index contributed by atoms with van der Waals surface area (Å²) in [6.45, 7) is 7.24. The maximum Gasteiger partial charge on any atom is 0.338 e. The monoisotopic (exact) mass is 334 g/mol. The van der Waals surface area contributed by atoms with E-state index >= 15 is 0 Å². The zero-order valence-corrected chi connectivity index (χ0v) is 15.2. The highest BCUT2D eigenvalue weighted by atomic mass is 16.5. The Bertz CT molecular complexity index is 508. The SMILES string of the molecule is CCCCCCOC(=O)c1cccc(C(=O)OCCCC(C)C)c1. The smallest absolute Gasteiger partial charge is 0.338 e. The Kier molecular flexibility index (Phi) is 9.81. The Balaban J connectivity index is 2.44. The fourth-order valence-corrected chi connectivity index (χ4v) is 2.29. The normalized spacial score (nSPS) is 10.7. The van der Waals surface area contributed by atoms with Gasteiger partial charge in [-0.1, -0.05) is 46.1 Å². The molecule has 1 rings (SSSR count). The number of ether oxygens (including phenoxy) is 2. The lowest BCUT2D eigenvalue weighted by molar-refractivity contribution is 0.0494. The van der Waals surface area contributed by atoms with Crippen LogP contribution in [0.4, 0.5) is 0 Å². The first-order valence-electron chi connectivity index (χ1n) is 8.99. The second-order valence-electron chi connectivity index (χ2n) is 6.45. The molecule has 0 aliphatic rings. The molecule has 0 amide bonds. The van der Waals surface area contributed by atoms with Crippen molar-refractivity contribution in [2.45, 2.75) is 59.3 Å². The molecular formula is C20H30O4. The molecule has 0 N–H and O–H groups in total. The average Bonchev–Trinajstić information content (AvgIpc) is 2.58. The van der Waals surface area contributed by atoms with Crippen LogP contribution < -0.4 is 0 Å². The minimum Gasteiger partial charge on any atom is -0.462 e. The van der Waals surface area contributed by atoms with E-state index in [2.05, 4.69) is 20.8 Å². The largest absolute Gasteiger partial charge is 0.462 e. The van der Waals surface area contributed by atoms with E-state index in [1.165, 1.54) is 0 Å². The number of rotatable bonds is 11. The highest BCUT2D eigenvalue weighted by molar-refractivity contribution is 5.95. The second kappa shape index (κ2) is 11.7. The number of carbonyl (C=O) groups is 2. The molecular weight excluding hydrogens is 304 g/mol. The first-order valence-corrected chi connectivity index (χ1v) is 8.99. The quantitative estimate of drug-likeness (QED) is 0.421. The number of carbonyl (C=O) groups excluding carboxylic acids is 2. The van der Waals surface area contributed by atoms with Gasteiger partial charge >= 0.3 is 11.9 Å². The van der Waals surface area contributed by atoms with Crippen molar-refractivity contribution in [3.05, 3.63) is 35.4 Å². The number of esters is 2. The lowest BCUT2D eigenvalue weighted by Gasteiger charge is -2.08. The van der Waals surface area contributed by atoms with Crippen molar-refractivity contribution in [3.63, 3.8) is 0 Å². The summed E-state index contributed by atoms with van der Waals surface area (Å²) >= 11 is 0. The lowest BCUT2D eigenvalue weighted by atomic mass is 10.1. The predicted molar refractivity (Wildman–Crippen MR) is 95.2 cm³/mol. The van der Waals surface area contributed by atoms with Gasteiger partial charge in [0.15, 0.2) is 0 Å². The van der Waals surface area contributed by atoms with Gasteiger partial charge in [-0.05, 0) is 43.4 Å². The molecule has 134 valence electrons. The van der Waals surface area contributed by atoms with Crippen molar-refractivity contribution in [2.24, 2.45) is 5.92 Å². The summed E-state index contributed by atoms with van der Waals surface area (Å²) < 4.78 is 10.5. The summed E-state index contributed by atoms with van der Waals surface area (Å²) in [6, 6.07) is 6.53. The summed E-state index contributed by atoms with van der Waals surface area (Å²) in [4.78, 5) is 24.0. The van der Waals surface area contributed by atoms with Gasteiger partial charge in [0.05, 0.1) is 24.3 Å². The molecule has 0 radical (unpaired) electrons. The average molecular weight is 334 g/mol. The Labute approximate surface area is 145 Å². The summed E-state index contributed by atoms with van der Waals surface area (Å²) in [5, 5.41) is 0. The van der Waals surface area contributed by atoms with Gasteiger partial charge in [-0.2, -0.15) is 0 Å². The van der Waals surface area contributed by atoms with Crippen LogP contribution in [-0.4, -0.2) is 25.2 Å². The minimum atomic E-state index is -0.392. The van der Waals surface area contributed by atoms with Crippen molar-refractivity contribution >= 4 is 11.9 Å². The number of hydrogen-bond acceptors (Lipinski definition) is 4. The zero-order valence-electron chi connectivity index (χ0n) is 15.2. The van der Waals surface area contributed by atoms with Gasteiger partial charge in [0, 0.05) is 0 Å². The van der Waals surface area contributed by atoms with E-state index in [4.69, 9.17) is 9.47 Å². The summed E-state index contributed by atoms with van der Waals surface area (Å²) in [5.74, 6) is -0.184. The van der Waals surface area contributed by atoms with Crippen molar-refractivity contribution in [1.29, 1.82) is 0 Å². The molecule has 0 atom stereocenters. The fraction of sp³-hybridized carbons (Fsp3) is 0.600. The van der Waals surface area contributed by atoms with Crippen molar-refractivity contribution in [2.75, 3.05) is 13.2 Å². The molecule has 0 aromatic heterocycles. The molecule has 1 aromatic rings. The van der Waals surface area contributed by atoms with Crippen LogP contribution in [0.3, 0.4) is 0 Å². The van der Waals surface area contributed by atoms with Gasteiger partial charge in [-0.3, -0.25) is 0 Å². The van der Waals surface area contributed by atoms with Gasteiger partial charge in [0.25, 0.3) is 0 Å². The van der Waals surface area contributed by atoms with E-state index in [-0.39, 0.29) is 5.97 Å². The molecule has 24 heavy (non-hydrogen) atoms. The highest BCUT2D eigenvalue weighted by Crippen LogP contribution is 2.10. The molecule has 0 spiro atoms. The zero-order chi connectivity index (χ0) is 17.8. The number of unbranched alkanes of at least 4 members (excludes halogenated alkanes) is 3. The molecule has 0 bridgehead atoms. The summed E-state index contributed by atoms with van der Waals surface area (Å²) in [5.41, 5.74) is 0.780. The molecule has 4 heteroatoms. The van der Waals surface area contributed by atoms with E-state index in [9.17, 15) is 9.59 Å². The standard InChI is InChI=1S/C20H30O4/c1-4-5-6-7-13-23-19(21)17-11-8-12-18(15-17)20(22)24-14-9-10-16(2)3/h8,11-12,15-16H,4-7,9-10,13-14H2,1-3H3. The Morgan fingerprint density at radius 1 is 0.917 bits per heavy atom. The van der Waals surface area contributed by atoms with Gasteiger partial charge in [-0.25, -0.2) is 9.59 Å². The van der Waals surface area contributed by atoms with Crippen molar-refractivity contribution in [1.82, 2.24) is 0 Å². The number of benzene rings is 1. The molecule has 0 aliphatic heterocycles. The van der Waals surface area contributed by atoms with E-state index in [1.807, 2.05) is 0 Å². The molecule has 0 saturated carbocycles. The van der Waals surface area contributed by atoms with Crippen LogP contribution in [0, 0.1) is 5.92 Å². The first-order chi connectivity index (χ1) is 11.5. The van der Waals surface area contributed by atoms with Gasteiger partial charge < -0.3 is 9.47 Å². The molecule has 0 fully saturated rings.